The second-order valence-corrected chi connectivity index (χ2v) is 6.48. The van der Waals surface area contributed by atoms with Gasteiger partial charge in [0.1, 0.15) is 6.61 Å². The molecule has 0 bridgehead atoms. The highest BCUT2D eigenvalue weighted by Crippen LogP contribution is 2.40. The fourth-order valence-corrected chi connectivity index (χ4v) is 3.37. The van der Waals surface area contributed by atoms with Crippen LogP contribution in [0.15, 0.2) is 30.3 Å². The predicted molar refractivity (Wildman–Crippen MR) is 107 cm³/mol. The van der Waals surface area contributed by atoms with Crippen LogP contribution in [0.2, 0.25) is 0 Å². The van der Waals surface area contributed by atoms with Gasteiger partial charge in [-0.05, 0) is 42.3 Å². The molecule has 28 heavy (non-hydrogen) atoms. The van der Waals surface area contributed by atoms with Crippen molar-refractivity contribution in [2.75, 3.05) is 34.0 Å². The van der Waals surface area contributed by atoms with Gasteiger partial charge in [0, 0.05) is 18.5 Å². The number of hydrogen-bond donors (Lipinski definition) is 0. The molecule has 0 fully saturated rings. The number of carbonyl (C=O) groups is 1. The molecule has 1 heterocycles. The van der Waals surface area contributed by atoms with Gasteiger partial charge in [-0.1, -0.05) is 13.0 Å². The van der Waals surface area contributed by atoms with Crippen molar-refractivity contribution in [1.29, 1.82) is 0 Å². The molecule has 0 saturated carbocycles. The fourth-order valence-electron chi connectivity index (χ4n) is 3.37. The standard InChI is InChI=1S/C22H27NO5/c1-5-21(24)23-9-10-28-22-17(14-23)11-16(13-20(22)27-6-2)15-7-8-18(25-3)19(12-15)26-4/h7-8,11-13H,5-6,9-10,14H2,1-4H3. The second-order valence-electron chi connectivity index (χ2n) is 6.48. The zero-order chi connectivity index (χ0) is 20.1. The van der Waals surface area contributed by atoms with E-state index >= 15 is 0 Å². The van der Waals surface area contributed by atoms with Crippen molar-refractivity contribution in [3.05, 3.63) is 35.9 Å². The van der Waals surface area contributed by atoms with E-state index < -0.39 is 0 Å². The maximum Gasteiger partial charge on any atom is 0.222 e. The summed E-state index contributed by atoms with van der Waals surface area (Å²) in [5.74, 6) is 2.86. The molecule has 2 aromatic rings. The fraction of sp³-hybridized carbons (Fsp3) is 0.409. The highest BCUT2D eigenvalue weighted by molar-refractivity contribution is 5.77. The first kappa shape index (κ1) is 19.9. The summed E-state index contributed by atoms with van der Waals surface area (Å²) in [6.45, 7) is 5.87. The summed E-state index contributed by atoms with van der Waals surface area (Å²) in [6.07, 6.45) is 0.475. The Bertz CT molecular complexity index is 849. The molecule has 0 saturated heterocycles. The van der Waals surface area contributed by atoms with Gasteiger partial charge in [-0.25, -0.2) is 0 Å². The van der Waals surface area contributed by atoms with E-state index in [1.807, 2.05) is 43.0 Å². The Morgan fingerprint density at radius 3 is 2.46 bits per heavy atom. The van der Waals surface area contributed by atoms with Crippen molar-refractivity contribution in [3.63, 3.8) is 0 Å². The van der Waals surface area contributed by atoms with E-state index in [1.54, 1.807) is 14.2 Å². The number of methoxy groups -OCH3 is 2. The highest BCUT2D eigenvalue weighted by atomic mass is 16.5. The molecule has 0 aromatic heterocycles. The Balaban J connectivity index is 2.07. The van der Waals surface area contributed by atoms with Crippen molar-refractivity contribution in [3.8, 4) is 34.1 Å². The van der Waals surface area contributed by atoms with Crippen molar-refractivity contribution >= 4 is 5.91 Å². The molecule has 0 spiro atoms. The van der Waals surface area contributed by atoms with E-state index in [9.17, 15) is 4.79 Å². The second kappa shape index (κ2) is 8.87. The predicted octanol–water partition coefficient (Wildman–Crippen LogP) is 3.90. The normalized spacial score (nSPS) is 13.2. The number of hydrogen-bond acceptors (Lipinski definition) is 5. The molecule has 0 atom stereocenters. The zero-order valence-corrected chi connectivity index (χ0v) is 16.9. The smallest absolute Gasteiger partial charge is 0.222 e. The Morgan fingerprint density at radius 1 is 1.04 bits per heavy atom. The van der Waals surface area contributed by atoms with E-state index in [0.717, 1.165) is 22.4 Å². The number of benzene rings is 2. The molecule has 6 nitrogen and oxygen atoms in total. The number of carbonyl (C=O) groups excluding carboxylic acids is 1. The Hall–Kier alpha value is -2.89. The molecule has 2 aromatic carbocycles. The summed E-state index contributed by atoms with van der Waals surface area (Å²) in [4.78, 5) is 14.1. The van der Waals surface area contributed by atoms with Crippen LogP contribution in [0, 0.1) is 0 Å². The van der Waals surface area contributed by atoms with Gasteiger partial charge < -0.3 is 23.8 Å². The Kier molecular flexibility index (Phi) is 6.29. The lowest BCUT2D eigenvalue weighted by Gasteiger charge is -2.20. The van der Waals surface area contributed by atoms with Gasteiger partial charge in [0.15, 0.2) is 23.0 Å². The van der Waals surface area contributed by atoms with Gasteiger partial charge in [0.2, 0.25) is 5.91 Å². The minimum absolute atomic E-state index is 0.117. The van der Waals surface area contributed by atoms with E-state index in [4.69, 9.17) is 18.9 Å². The van der Waals surface area contributed by atoms with E-state index in [2.05, 4.69) is 6.07 Å². The van der Waals surface area contributed by atoms with Crippen LogP contribution in [0.5, 0.6) is 23.0 Å². The van der Waals surface area contributed by atoms with E-state index in [-0.39, 0.29) is 5.91 Å². The Labute approximate surface area is 166 Å². The molecule has 0 aliphatic carbocycles. The molecule has 150 valence electrons. The molecular weight excluding hydrogens is 358 g/mol. The number of nitrogens with zero attached hydrogens (tertiary/aromatic N) is 1. The summed E-state index contributed by atoms with van der Waals surface area (Å²) in [5.41, 5.74) is 2.88. The van der Waals surface area contributed by atoms with Crippen LogP contribution < -0.4 is 18.9 Å². The van der Waals surface area contributed by atoms with Crippen molar-refractivity contribution in [1.82, 2.24) is 4.90 Å². The summed E-state index contributed by atoms with van der Waals surface area (Å²) >= 11 is 0. The lowest BCUT2D eigenvalue weighted by atomic mass is 10.0. The maximum absolute atomic E-state index is 12.3. The van der Waals surface area contributed by atoms with Gasteiger partial charge in [-0.2, -0.15) is 0 Å². The SMILES string of the molecule is CCOc1cc(-c2ccc(OC)c(OC)c2)cc2c1OCCN(C(=O)CC)C2. The van der Waals surface area contributed by atoms with Crippen LogP contribution in [0.4, 0.5) is 0 Å². The summed E-state index contributed by atoms with van der Waals surface area (Å²) in [7, 11) is 3.23. The van der Waals surface area contributed by atoms with Crippen LogP contribution in [-0.4, -0.2) is 44.8 Å². The molecule has 6 heteroatoms. The summed E-state index contributed by atoms with van der Waals surface area (Å²) < 4.78 is 22.6. The number of rotatable bonds is 6. The van der Waals surface area contributed by atoms with E-state index in [0.29, 0.717) is 50.0 Å². The molecule has 0 N–H and O–H groups in total. The number of fused-ring (bicyclic) bond motifs is 1. The summed E-state index contributed by atoms with van der Waals surface area (Å²) in [5, 5.41) is 0. The number of amides is 1. The van der Waals surface area contributed by atoms with Crippen LogP contribution in [0.3, 0.4) is 0 Å². The average molecular weight is 385 g/mol. The maximum atomic E-state index is 12.3. The summed E-state index contributed by atoms with van der Waals surface area (Å²) in [6, 6.07) is 9.82. The molecule has 3 rings (SSSR count). The first-order valence-electron chi connectivity index (χ1n) is 9.53. The third kappa shape index (κ3) is 4.01. The van der Waals surface area contributed by atoms with Crippen LogP contribution in [0.1, 0.15) is 25.8 Å². The first-order valence-corrected chi connectivity index (χ1v) is 9.53. The third-order valence-electron chi connectivity index (χ3n) is 4.77. The highest BCUT2D eigenvalue weighted by Gasteiger charge is 2.23. The lowest BCUT2D eigenvalue weighted by molar-refractivity contribution is -0.131. The molecule has 1 aliphatic rings. The Morgan fingerprint density at radius 2 is 1.79 bits per heavy atom. The van der Waals surface area contributed by atoms with Crippen LogP contribution in [0.25, 0.3) is 11.1 Å². The van der Waals surface area contributed by atoms with Crippen molar-refractivity contribution in [2.45, 2.75) is 26.8 Å². The molecular formula is C22H27NO5. The third-order valence-corrected chi connectivity index (χ3v) is 4.77. The number of ether oxygens (including phenoxy) is 4. The largest absolute Gasteiger partial charge is 0.493 e. The topological polar surface area (TPSA) is 57.2 Å². The average Bonchev–Trinajstić information content (AvgIpc) is 2.95. The molecule has 1 amide bonds. The van der Waals surface area contributed by atoms with Crippen LogP contribution in [-0.2, 0) is 11.3 Å². The lowest BCUT2D eigenvalue weighted by Crippen LogP contribution is -2.31. The molecule has 1 aliphatic heterocycles. The van der Waals surface area contributed by atoms with Gasteiger partial charge in [0.05, 0.1) is 27.4 Å². The quantitative estimate of drug-likeness (QED) is 0.755. The van der Waals surface area contributed by atoms with Crippen molar-refractivity contribution < 1.29 is 23.7 Å². The molecule has 0 unspecified atom stereocenters. The van der Waals surface area contributed by atoms with Gasteiger partial charge in [-0.15, -0.1) is 0 Å². The first-order chi connectivity index (χ1) is 13.6. The minimum Gasteiger partial charge on any atom is -0.493 e. The monoisotopic (exact) mass is 385 g/mol. The van der Waals surface area contributed by atoms with E-state index in [1.165, 1.54) is 0 Å². The van der Waals surface area contributed by atoms with Gasteiger partial charge in [0.25, 0.3) is 0 Å². The van der Waals surface area contributed by atoms with Gasteiger partial charge in [-0.3, -0.25) is 4.79 Å². The minimum atomic E-state index is 0.117. The van der Waals surface area contributed by atoms with Crippen LogP contribution >= 0.6 is 0 Å². The van der Waals surface area contributed by atoms with Crippen molar-refractivity contribution in [2.24, 2.45) is 0 Å². The molecule has 0 radical (unpaired) electrons. The zero-order valence-electron chi connectivity index (χ0n) is 16.9. The van der Waals surface area contributed by atoms with Gasteiger partial charge >= 0.3 is 0 Å².